The van der Waals surface area contributed by atoms with Crippen LogP contribution in [0.5, 0.6) is 0 Å². The number of fused-ring (bicyclic) bond motifs is 3. The van der Waals surface area contributed by atoms with Gasteiger partial charge in [0.15, 0.2) is 0 Å². The maximum atomic E-state index is 10.2. The predicted molar refractivity (Wildman–Crippen MR) is 169 cm³/mol. The third-order valence-electron chi connectivity index (χ3n) is 7.84. The topological polar surface area (TPSA) is 41.6 Å². The second-order valence-electron chi connectivity index (χ2n) is 10.6. The van der Waals surface area contributed by atoms with Crippen molar-refractivity contribution in [2.45, 2.75) is 13.8 Å². The largest absolute Gasteiger partial charge is 0.309 e. The Morgan fingerprint density at radius 1 is 0.561 bits per heavy atom. The number of benzene rings is 5. The molecule has 0 bridgehead atoms. The van der Waals surface area contributed by atoms with Crippen LogP contribution in [0.2, 0.25) is 0 Å². The number of pyridine rings is 1. The molecule has 0 radical (unpaired) electrons. The molecule has 0 saturated carbocycles. The minimum atomic E-state index is 0.633. The Morgan fingerprint density at radius 2 is 1.12 bits per heavy atom. The van der Waals surface area contributed by atoms with E-state index in [1.807, 2.05) is 18.2 Å². The summed E-state index contributed by atoms with van der Waals surface area (Å²) in [6, 6.07) is 43.2. The fraction of sp³-hybridized carbons (Fsp3) is 0.0526. The van der Waals surface area contributed by atoms with Crippen LogP contribution in [0.25, 0.3) is 60.9 Å². The number of aromatic nitrogens is 2. The number of nitrogens with zero attached hydrogens (tertiary/aromatic N) is 3. The Hall–Kier alpha value is -5.46. The zero-order valence-electron chi connectivity index (χ0n) is 23.0. The first-order chi connectivity index (χ1) is 20.1. The molecule has 0 spiro atoms. The molecule has 0 fully saturated rings. The third-order valence-corrected chi connectivity index (χ3v) is 7.84. The molecule has 7 aromatic rings. The molecule has 0 unspecified atom stereocenters. The molecular formula is C38H27N3. The lowest BCUT2D eigenvalue weighted by Crippen LogP contribution is -1.97. The molecule has 3 nitrogen and oxygen atoms in total. The fourth-order valence-corrected chi connectivity index (χ4v) is 5.85. The summed E-state index contributed by atoms with van der Waals surface area (Å²) in [5.41, 5.74) is 12.9. The smallest absolute Gasteiger partial charge is 0.0998 e. The molecule has 2 heterocycles. The van der Waals surface area contributed by atoms with Crippen molar-refractivity contribution in [3.63, 3.8) is 0 Å². The normalized spacial score (nSPS) is 11.1. The van der Waals surface area contributed by atoms with Gasteiger partial charge in [-0.2, -0.15) is 5.26 Å². The van der Waals surface area contributed by atoms with Crippen LogP contribution in [0.15, 0.2) is 128 Å². The minimum absolute atomic E-state index is 0.633. The van der Waals surface area contributed by atoms with E-state index in [9.17, 15) is 5.26 Å². The van der Waals surface area contributed by atoms with E-state index in [1.54, 1.807) is 12.4 Å². The van der Waals surface area contributed by atoms with Gasteiger partial charge in [0, 0.05) is 28.9 Å². The number of hydrogen-bond donors (Lipinski definition) is 0. The Labute approximate surface area is 239 Å². The van der Waals surface area contributed by atoms with Gasteiger partial charge >= 0.3 is 0 Å². The molecule has 0 aliphatic rings. The highest BCUT2D eigenvalue weighted by atomic mass is 15.0. The van der Waals surface area contributed by atoms with Crippen LogP contribution in [-0.2, 0) is 0 Å². The summed E-state index contributed by atoms with van der Waals surface area (Å²) in [6.07, 6.45) is 3.52. The van der Waals surface area contributed by atoms with Crippen molar-refractivity contribution in [3.05, 3.63) is 144 Å². The maximum Gasteiger partial charge on any atom is 0.0998 e. The van der Waals surface area contributed by atoms with Crippen molar-refractivity contribution in [1.29, 1.82) is 5.26 Å². The molecule has 0 N–H and O–H groups in total. The quantitative estimate of drug-likeness (QED) is 0.229. The van der Waals surface area contributed by atoms with Crippen LogP contribution in [-0.4, -0.2) is 9.55 Å². The van der Waals surface area contributed by atoms with Gasteiger partial charge in [0.2, 0.25) is 0 Å². The Kier molecular flexibility index (Phi) is 5.95. The molecule has 0 aliphatic carbocycles. The van der Waals surface area contributed by atoms with Crippen LogP contribution < -0.4 is 0 Å². The standard InChI is InChI=1S/C38H27N3/c1-25-5-3-7-28(19-25)30-9-12-35-36-13-10-31(29-8-4-6-26(2)20-29)23-38(36)41(37(35)22-30)33-11-14-34(32(21-33)24-39)27-15-17-40-18-16-27/h3-23H,1-2H3. The maximum absolute atomic E-state index is 10.2. The van der Waals surface area contributed by atoms with Gasteiger partial charge in [-0.1, -0.05) is 90.0 Å². The molecule has 0 atom stereocenters. The Balaban J connectivity index is 1.51. The fourth-order valence-electron chi connectivity index (χ4n) is 5.85. The summed E-state index contributed by atoms with van der Waals surface area (Å²) in [4.78, 5) is 4.14. The number of aryl methyl sites for hydroxylation is 2. The van der Waals surface area contributed by atoms with Crippen molar-refractivity contribution < 1.29 is 0 Å². The van der Waals surface area contributed by atoms with Gasteiger partial charge in [-0.25, -0.2) is 0 Å². The molecule has 3 heteroatoms. The molecular weight excluding hydrogens is 498 g/mol. The summed E-state index contributed by atoms with van der Waals surface area (Å²) in [6.45, 7) is 4.25. The van der Waals surface area contributed by atoms with Gasteiger partial charge in [0.25, 0.3) is 0 Å². The van der Waals surface area contributed by atoms with Crippen LogP contribution in [0.4, 0.5) is 0 Å². The number of nitriles is 1. The molecule has 41 heavy (non-hydrogen) atoms. The van der Waals surface area contributed by atoms with Crippen molar-refractivity contribution >= 4 is 21.8 Å². The van der Waals surface area contributed by atoms with Crippen LogP contribution in [0.3, 0.4) is 0 Å². The first-order valence-electron chi connectivity index (χ1n) is 13.8. The van der Waals surface area contributed by atoms with E-state index in [0.717, 1.165) is 39.0 Å². The molecule has 194 valence electrons. The average Bonchev–Trinajstić information content (AvgIpc) is 3.34. The predicted octanol–water partition coefficient (Wildman–Crippen LogP) is 9.67. The second-order valence-corrected chi connectivity index (χ2v) is 10.6. The molecule has 0 aliphatic heterocycles. The zero-order valence-corrected chi connectivity index (χ0v) is 23.0. The summed E-state index contributed by atoms with van der Waals surface area (Å²) < 4.78 is 2.31. The summed E-state index contributed by atoms with van der Waals surface area (Å²) >= 11 is 0. The van der Waals surface area contributed by atoms with Crippen molar-refractivity contribution in [1.82, 2.24) is 9.55 Å². The third kappa shape index (κ3) is 4.36. The molecule has 5 aromatic carbocycles. The zero-order chi connectivity index (χ0) is 27.9. The molecule has 0 amide bonds. The number of hydrogen-bond acceptors (Lipinski definition) is 2. The monoisotopic (exact) mass is 525 g/mol. The van der Waals surface area contributed by atoms with Crippen LogP contribution >= 0.6 is 0 Å². The van der Waals surface area contributed by atoms with E-state index < -0.39 is 0 Å². The summed E-state index contributed by atoms with van der Waals surface area (Å²) in [5.74, 6) is 0. The van der Waals surface area contributed by atoms with E-state index in [0.29, 0.717) is 5.56 Å². The lowest BCUT2D eigenvalue weighted by Gasteiger charge is -2.13. The van der Waals surface area contributed by atoms with Crippen molar-refractivity contribution in [2.75, 3.05) is 0 Å². The van der Waals surface area contributed by atoms with E-state index in [-0.39, 0.29) is 0 Å². The highest BCUT2D eigenvalue weighted by Crippen LogP contribution is 2.38. The van der Waals surface area contributed by atoms with Crippen molar-refractivity contribution in [2.24, 2.45) is 0 Å². The van der Waals surface area contributed by atoms with E-state index >= 15 is 0 Å². The van der Waals surface area contributed by atoms with Gasteiger partial charge in [0.05, 0.1) is 22.7 Å². The summed E-state index contributed by atoms with van der Waals surface area (Å²) in [5, 5.41) is 12.6. The first-order valence-corrected chi connectivity index (χ1v) is 13.8. The first kappa shape index (κ1) is 24.6. The molecule has 2 aromatic heterocycles. The van der Waals surface area contributed by atoms with Gasteiger partial charge < -0.3 is 4.57 Å². The van der Waals surface area contributed by atoms with Gasteiger partial charge in [-0.05, 0) is 83.6 Å². The minimum Gasteiger partial charge on any atom is -0.309 e. The van der Waals surface area contributed by atoms with Gasteiger partial charge in [0.1, 0.15) is 0 Å². The van der Waals surface area contributed by atoms with Crippen LogP contribution in [0, 0.1) is 25.2 Å². The molecule has 0 saturated heterocycles. The highest BCUT2D eigenvalue weighted by Gasteiger charge is 2.16. The van der Waals surface area contributed by atoms with E-state index in [1.165, 1.54) is 33.0 Å². The van der Waals surface area contributed by atoms with E-state index in [2.05, 4.69) is 127 Å². The Morgan fingerprint density at radius 3 is 1.66 bits per heavy atom. The van der Waals surface area contributed by atoms with Gasteiger partial charge in [-0.15, -0.1) is 0 Å². The average molecular weight is 526 g/mol. The van der Waals surface area contributed by atoms with E-state index in [4.69, 9.17) is 0 Å². The SMILES string of the molecule is Cc1cccc(-c2ccc3c4ccc(-c5cccc(C)c5)cc4n(-c4ccc(-c5ccncc5)c(C#N)c4)c3c2)c1. The lowest BCUT2D eigenvalue weighted by atomic mass is 10.0. The van der Waals surface area contributed by atoms with Gasteiger partial charge in [-0.3, -0.25) is 4.98 Å². The number of rotatable bonds is 4. The second kappa shape index (κ2) is 9.93. The highest BCUT2D eigenvalue weighted by molar-refractivity contribution is 6.11. The Bertz CT molecular complexity index is 2030. The van der Waals surface area contributed by atoms with Crippen molar-refractivity contribution in [3.8, 4) is 45.1 Å². The summed E-state index contributed by atoms with van der Waals surface area (Å²) in [7, 11) is 0. The molecule has 7 rings (SSSR count). The van der Waals surface area contributed by atoms with Crippen LogP contribution in [0.1, 0.15) is 16.7 Å². The lowest BCUT2D eigenvalue weighted by molar-refractivity contribution is 1.18.